The van der Waals surface area contributed by atoms with Crippen molar-refractivity contribution in [3.63, 3.8) is 0 Å². The lowest BCUT2D eigenvalue weighted by Crippen LogP contribution is -2.05. The van der Waals surface area contributed by atoms with Crippen LogP contribution in [0.25, 0.3) is 6.08 Å². The number of cyclic esters (lactones) is 1. The number of halogens is 1. The van der Waals surface area contributed by atoms with Crippen molar-refractivity contribution in [1.82, 2.24) is 0 Å². The van der Waals surface area contributed by atoms with Crippen LogP contribution in [0.2, 0.25) is 5.02 Å². The molecule has 5 nitrogen and oxygen atoms in total. The first-order valence-electron chi connectivity index (χ1n) is 7.64. The molecule has 26 heavy (non-hydrogen) atoms. The van der Waals surface area contributed by atoms with E-state index in [0.717, 1.165) is 0 Å². The minimum absolute atomic E-state index is 0.134. The van der Waals surface area contributed by atoms with Crippen molar-refractivity contribution in [2.45, 2.75) is 0 Å². The Morgan fingerprint density at radius 1 is 1.27 bits per heavy atom. The van der Waals surface area contributed by atoms with Crippen molar-refractivity contribution < 1.29 is 19.0 Å². The van der Waals surface area contributed by atoms with Gasteiger partial charge < -0.3 is 14.2 Å². The first kappa shape index (κ1) is 17.6. The van der Waals surface area contributed by atoms with Crippen LogP contribution in [-0.2, 0) is 9.53 Å². The molecule has 0 saturated carbocycles. The fourth-order valence-electron chi connectivity index (χ4n) is 2.33. The van der Waals surface area contributed by atoms with E-state index in [2.05, 4.69) is 10.9 Å². The van der Waals surface area contributed by atoms with Gasteiger partial charge in [0.2, 0.25) is 5.90 Å². The maximum absolute atomic E-state index is 12.1. The average molecular weight is 368 g/mol. The van der Waals surface area contributed by atoms with E-state index < -0.39 is 5.97 Å². The molecule has 0 spiro atoms. The summed E-state index contributed by atoms with van der Waals surface area (Å²) >= 11 is 6.12. The monoisotopic (exact) mass is 367 g/mol. The predicted molar refractivity (Wildman–Crippen MR) is 99.4 cm³/mol. The number of carbonyl (C=O) groups is 1. The van der Waals surface area contributed by atoms with E-state index in [1.807, 2.05) is 0 Å². The molecule has 0 aromatic heterocycles. The second-order valence-corrected chi connectivity index (χ2v) is 5.63. The van der Waals surface area contributed by atoms with Crippen LogP contribution in [0.4, 0.5) is 0 Å². The second-order valence-electron chi connectivity index (χ2n) is 5.22. The molecule has 0 bridgehead atoms. The normalized spacial score (nSPS) is 14.6. The van der Waals surface area contributed by atoms with Gasteiger partial charge in [-0.2, -0.15) is 0 Å². The van der Waals surface area contributed by atoms with Crippen LogP contribution in [0, 0.1) is 12.3 Å². The van der Waals surface area contributed by atoms with Crippen molar-refractivity contribution in [3.8, 4) is 23.8 Å². The molecule has 1 aliphatic heterocycles. The summed E-state index contributed by atoms with van der Waals surface area (Å²) in [6, 6.07) is 12.2. The third-order valence-corrected chi connectivity index (χ3v) is 3.86. The van der Waals surface area contributed by atoms with Gasteiger partial charge in [0.1, 0.15) is 6.61 Å². The molecule has 0 aliphatic carbocycles. The van der Waals surface area contributed by atoms with Gasteiger partial charge in [0.25, 0.3) is 0 Å². The Hall–Kier alpha value is -3.23. The predicted octanol–water partition coefficient (Wildman–Crippen LogP) is 3.71. The quantitative estimate of drug-likeness (QED) is 0.459. The van der Waals surface area contributed by atoms with Crippen molar-refractivity contribution in [2.75, 3.05) is 13.7 Å². The number of nitrogens with zero attached hydrogens (tertiary/aromatic N) is 1. The molecule has 1 heterocycles. The zero-order chi connectivity index (χ0) is 18.5. The molecular weight excluding hydrogens is 354 g/mol. The Morgan fingerprint density at radius 3 is 2.81 bits per heavy atom. The molecule has 0 atom stereocenters. The summed E-state index contributed by atoms with van der Waals surface area (Å²) in [6.07, 6.45) is 6.79. The van der Waals surface area contributed by atoms with E-state index in [9.17, 15) is 4.79 Å². The maximum atomic E-state index is 12.1. The molecule has 0 radical (unpaired) electrons. The number of aliphatic imine (C=N–C) groups is 1. The van der Waals surface area contributed by atoms with Gasteiger partial charge >= 0.3 is 5.97 Å². The summed E-state index contributed by atoms with van der Waals surface area (Å²) in [5.41, 5.74) is 1.42. The lowest BCUT2D eigenvalue weighted by molar-refractivity contribution is -0.129. The Bertz CT molecular complexity index is 957. The molecule has 0 saturated heterocycles. The number of esters is 1. The van der Waals surface area contributed by atoms with Crippen molar-refractivity contribution in [3.05, 3.63) is 64.3 Å². The van der Waals surface area contributed by atoms with Crippen molar-refractivity contribution in [2.24, 2.45) is 4.99 Å². The smallest absolute Gasteiger partial charge is 0.363 e. The van der Waals surface area contributed by atoms with Crippen LogP contribution >= 0.6 is 11.6 Å². The first-order valence-corrected chi connectivity index (χ1v) is 8.02. The lowest BCUT2D eigenvalue weighted by atomic mass is 10.1. The molecule has 0 fully saturated rings. The number of carbonyl (C=O) groups excluding carboxylic acids is 1. The lowest BCUT2D eigenvalue weighted by Gasteiger charge is -2.09. The minimum atomic E-state index is -0.549. The number of rotatable bonds is 5. The van der Waals surface area contributed by atoms with Gasteiger partial charge in [-0.25, -0.2) is 9.79 Å². The zero-order valence-corrected chi connectivity index (χ0v) is 14.6. The number of methoxy groups -OCH3 is 1. The van der Waals surface area contributed by atoms with Crippen molar-refractivity contribution >= 4 is 29.5 Å². The van der Waals surface area contributed by atoms with Gasteiger partial charge in [-0.3, -0.25) is 0 Å². The highest BCUT2D eigenvalue weighted by Crippen LogP contribution is 2.30. The Balaban J connectivity index is 1.91. The highest BCUT2D eigenvalue weighted by Gasteiger charge is 2.25. The third kappa shape index (κ3) is 3.71. The van der Waals surface area contributed by atoms with E-state index in [-0.39, 0.29) is 18.2 Å². The molecule has 2 aromatic carbocycles. The molecule has 0 N–H and O–H groups in total. The van der Waals surface area contributed by atoms with Crippen LogP contribution in [0.3, 0.4) is 0 Å². The molecule has 0 amide bonds. The topological polar surface area (TPSA) is 57.1 Å². The number of hydrogen-bond donors (Lipinski definition) is 0. The summed E-state index contributed by atoms with van der Waals surface area (Å²) in [5.74, 6) is 3.03. The standard InChI is InChI=1S/C20H14ClNO4/c1-3-10-25-17-9-8-13(12-18(17)24-2)11-16-20(23)26-19(22-16)14-6-4-5-7-15(14)21/h1,4-9,11-12H,10H2,2H3/b16-11+. The molecule has 1 aliphatic rings. The third-order valence-electron chi connectivity index (χ3n) is 3.53. The zero-order valence-electron chi connectivity index (χ0n) is 13.9. The van der Waals surface area contributed by atoms with Crippen LogP contribution < -0.4 is 9.47 Å². The van der Waals surface area contributed by atoms with Crippen LogP contribution in [0.1, 0.15) is 11.1 Å². The van der Waals surface area contributed by atoms with E-state index >= 15 is 0 Å². The van der Waals surface area contributed by atoms with E-state index in [0.29, 0.717) is 27.6 Å². The highest BCUT2D eigenvalue weighted by molar-refractivity contribution is 6.34. The Labute approximate surface area is 155 Å². The summed E-state index contributed by atoms with van der Waals surface area (Å²) in [7, 11) is 1.52. The summed E-state index contributed by atoms with van der Waals surface area (Å²) in [4.78, 5) is 16.4. The maximum Gasteiger partial charge on any atom is 0.363 e. The second kappa shape index (κ2) is 7.77. The summed E-state index contributed by atoms with van der Waals surface area (Å²) in [6.45, 7) is 0.134. The Morgan fingerprint density at radius 2 is 2.08 bits per heavy atom. The van der Waals surface area contributed by atoms with Gasteiger partial charge in [0.05, 0.1) is 17.7 Å². The summed E-state index contributed by atoms with van der Waals surface area (Å²) < 4.78 is 15.9. The number of benzene rings is 2. The van der Waals surface area contributed by atoms with Gasteiger partial charge in [-0.05, 0) is 35.9 Å². The van der Waals surface area contributed by atoms with E-state index in [1.165, 1.54) is 7.11 Å². The summed E-state index contributed by atoms with van der Waals surface area (Å²) in [5, 5.41) is 0.456. The molecular formula is C20H14ClNO4. The van der Waals surface area contributed by atoms with Gasteiger partial charge in [-0.1, -0.05) is 35.7 Å². The van der Waals surface area contributed by atoms with Crippen LogP contribution in [0.15, 0.2) is 53.2 Å². The first-order chi connectivity index (χ1) is 12.6. The average Bonchev–Trinajstić information content (AvgIpc) is 3.01. The number of hydrogen-bond acceptors (Lipinski definition) is 5. The number of terminal acetylenes is 1. The minimum Gasteiger partial charge on any atom is -0.493 e. The molecule has 0 unspecified atom stereocenters. The molecule has 2 aromatic rings. The van der Waals surface area contributed by atoms with Crippen molar-refractivity contribution in [1.29, 1.82) is 0 Å². The molecule has 130 valence electrons. The fraction of sp³-hybridized carbons (Fsp3) is 0.100. The molecule has 3 rings (SSSR count). The van der Waals surface area contributed by atoms with E-state index in [1.54, 1.807) is 48.5 Å². The van der Waals surface area contributed by atoms with Crippen LogP contribution in [0.5, 0.6) is 11.5 Å². The molecule has 6 heteroatoms. The Kier molecular flexibility index (Phi) is 5.26. The van der Waals surface area contributed by atoms with Crippen LogP contribution in [-0.4, -0.2) is 25.6 Å². The van der Waals surface area contributed by atoms with Gasteiger partial charge in [0.15, 0.2) is 17.2 Å². The SMILES string of the molecule is C#CCOc1ccc(/C=C2/N=C(c3ccccc3Cl)OC2=O)cc1OC. The number of ether oxygens (including phenoxy) is 3. The van der Waals surface area contributed by atoms with Gasteiger partial charge in [-0.15, -0.1) is 6.42 Å². The van der Waals surface area contributed by atoms with E-state index in [4.69, 9.17) is 32.2 Å². The highest BCUT2D eigenvalue weighted by atomic mass is 35.5. The van der Waals surface area contributed by atoms with Gasteiger partial charge in [0, 0.05) is 0 Å². The largest absolute Gasteiger partial charge is 0.493 e. The fourth-order valence-corrected chi connectivity index (χ4v) is 2.55.